The lowest BCUT2D eigenvalue weighted by molar-refractivity contribution is -0.144. The van der Waals surface area contributed by atoms with Crippen LogP contribution in [0.2, 0.25) is 0 Å². The molecule has 1 saturated heterocycles. The minimum Gasteiger partial charge on any atom is -0.481 e. The fourth-order valence-electron chi connectivity index (χ4n) is 3.67. The van der Waals surface area contributed by atoms with Gasteiger partial charge in [-0.1, -0.05) is 30.3 Å². The molecule has 2 amide bonds. The highest BCUT2D eigenvalue weighted by Gasteiger charge is 2.33. The van der Waals surface area contributed by atoms with E-state index < -0.39 is 30.2 Å². The summed E-state index contributed by atoms with van der Waals surface area (Å²) < 4.78 is 32.1. The molecule has 1 atom stereocenters. The van der Waals surface area contributed by atoms with E-state index in [0.717, 1.165) is 28.8 Å². The molecular formula is C24H21F2N3O3. The molecule has 0 aliphatic carbocycles. The topological polar surface area (TPSA) is 71.5 Å². The molecule has 1 aliphatic rings. The summed E-state index contributed by atoms with van der Waals surface area (Å²) in [4.78, 5) is 31.0. The monoisotopic (exact) mass is 437 g/mol. The van der Waals surface area contributed by atoms with E-state index in [9.17, 15) is 18.4 Å². The van der Waals surface area contributed by atoms with Crippen LogP contribution in [0.3, 0.4) is 0 Å². The lowest BCUT2D eigenvalue weighted by atomic mass is 9.98. The van der Waals surface area contributed by atoms with Crippen molar-refractivity contribution in [3.05, 3.63) is 84.2 Å². The third-order valence-electron chi connectivity index (χ3n) is 5.25. The summed E-state index contributed by atoms with van der Waals surface area (Å²) in [6, 6.07) is 13.6. The van der Waals surface area contributed by atoms with Crippen molar-refractivity contribution in [2.24, 2.45) is 0 Å². The zero-order valence-electron chi connectivity index (χ0n) is 17.1. The highest BCUT2D eigenvalue weighted by molar-refractivity contribution is 5.89. The Bertz CT molecular complexity index is 1120. The SMILES string of the molecule is O=C1NCCN(C(=O)COc2ccc(F)cc2F)[C@H]1Cc1cccc(-c2cccnc2)c1. The van der Waals surface area contributed by atoms with Gasteiger partial charge >= 0.3 is 0 Å². The predicted octanol–water partition coefficient (Wildman–Crippen LogP) is 2.98. The zero-order chi connectivity index (χ0) is 22.5. The lowest BCUT2D eigenvalue weighted by Crippen LogP contribution is -2.58. The molecule has 4 rings (SSSR count). The van der Waals surface area contributed by atoms with Crippen molar-refractivity contribution < 1.29 is 23.1 Å². The summed E-state index contributed by atoms with van der Waals surface area (Å²) in [5.74, 6) is -2.55. The van der Waals surface area contributed by atoms with Crippen molar-refractivity contribution in [3.63, 3.8) is 0 Å². The maximum Gasteiger partial charge on any atom is 0.261 e. The van der Waals surface area contributed by atoms with Crippen LogP contribution in [0.5, 0.6) is 5.75 Å². The van der Waals surface area contributed by atoms with Crippen molar-refractivity contribution in [1.82, 2.24) is 15.2 Å². The van der Waals surface area contributed by atoms with Gasteiger partial charge in [0.05, 0.1) is 0 Å². The molecule has 164 valence electrons. The first-order valence-corrected chi connectivity index (χ1v) is 10.2. The van der Waals surface area contributed by atoms with E-state index in [1.54, 1.807) is 12.4 Å². The number of nitrogens with zero attached hydrogens (tertiary/aromatic N) is 2. The zero-order valence-corrected chi connectivity index (χ0v) is 17.1. The first kappa shape index (κ1) is 21.4. The minimum atomic E-state index is -0.891. The van der Waals surface area contributed by atoms with E-state index in [-0.39, 0.29) is 11.7 Å². The number of nitrogens with one attached hydrogen (secondary N) is 1. The Hall–Kier alpha value is -3.81. The van der Waals surface area contributed by atoms with Crippen molar-refractivity contribution in [2.45, 2.75) is 12.5 Å². The highest BCUT2D eigenvalue weighted by atomic mass is 19.1. The molecular weight excluding hydrogens is 416 g/mol. The predicted molar refractivity (Wildman–Crippen MR) is 114 cm³/mol. The quantitative estimate of drug-likeness (QED) is 0.644. The maximum atomic E-state index is 13.8. The lowest BCUT2D eigenvalue weighted by Gasteiger charge is -2.35. The first-order valence-electron chi connectivity index (χ1n) is 10.2. The van der Waals surface area contributed by atoms with E-state index in [2.05, 4.69) is 10.3 Å². The molecule has 2 aromatic carbocycles. The molecule has 1 aromatic heterocycles. The van der Waals surface area contributed by atoms with Gasteiger partial charge in [0.25, 0.3) is 5.91 Å². The average molecular weight is 437 g/mol. The Labute approximate surface area is 183 Å². The molecule has 0 spiro atoms. The van der Waals surface area contributed by atoms with Crippen molar-refractivity contribution in [1.29, 1.82) is 0 Å². The van der Waals surface area contributed by atoms with Crippen LogP contribution in [0, 0.1) is 11.6 Å². The van der Waals surface area contributed by atoms with E-state index in [1.165, 1.54) is 4.90 Å². The van der Waals surface area contributed by atoms with Gasteiger partial charge in [-0.25, -0.2) is 8.78 Å². The Morgan fingerprint density at radius 2 is 1.97 bits per heavy atom. The minimum absolute atomic E-state index is 0.220. The van der Waals surface area contributed by atoms with Gasteiger partial charge in [-0.3, -0.25) is 14.6 Å². The molecule has 1 N–H and O–H groups in total. The second kappa shape index (κ2) is 9.55. The van der Waals surface area contributed by atoms with Gasteiger partial charge in [0.1, 0.15) is 11.9 Å². The van der Waals surface area contributed by atoms with Crippen molar-refractivity contribution in [2.75, 3.05) is 19.7 Å². The van der Waals surface area contributed by atoms with Crippen LogP contribution in [-0.4, -0.2) is 47.4 Å². The van der Waals surface area contributed by atoms with Crippen LogP contribution < -0.4 is 10.1 Å². The second-order valence-electron chi connectivity index (χ2n) is 7.40. The largest absolute Gasteiger partial charge is 0.481 e. The summed E-state index contributed by atoms with van der Waals surface area (Å²) in [5.41, 5.74) is 2.79. The standard InChI is InChI=1S/C24H21F2N3O3/c25-19-6-7-22(20(26)13-19)32-15-23(30)29-10-9-28-24(31)21(29)12-16-3-1-4-17(11-16)18-5-2-8-27-14-18/h1-8,11,13-14,21H,9-10,12,15H2,(H,28,31)/t21-/m0/s1. The van der Waals surface area contributed by atoms with Gasteiger partial charge in [0.15, 0.2) is 18.2 Å². The fourth-order valence-corrected chi connectivity index (χ4v) is 3.67. The molecule has 1 aliphatic heterocycles. The first-order chi connectivity index (χ1) is 15.5. The van der Waals surface area contributed by atoms with E-state index >= 15 is 0 Å². The Morgan fingerprint density at radius 1 is 1.12 bits per heavy atom. The van der Waals surface area contributed by atoms with E-state index in [4.69, 9.17) is 4.74 Å². The third-order valence-corrected chi connectivity index (χ3v) is 5.25. The molecule has 2 heterocycles. The summed E-state index contributed by atoms with van der Waals surface area (Å²) in [6.07, 6.45) is 3.77. The fraction of sp³-hybridized carbons (Fsp3) is 0.208. The van der Waals surface area contributed by atoms with Gasteiger partial charge in [-0.15, -0.1) is 0 Å². The molecule has 8 heteroatoms. The van der Waals surface area contributed by atoms with Crippen LogP contribution in [0.25, 0.3) is 11.1 Å². The molecule has 6 nitrogen and oxygen atoms in total. The van der Waals surface area contributed by atoms with Gasteiger partial charge in [-0.05, 0) is 34.9 Å². The Balaban J connectivity index is 1.48. The summed E-state index contributed by atoms with van der Waals surface area (Å²) in [5, 5.41) is 2.79. The number of carbonyl (C=O) groups excluding carboxylic acids is 2. The van der Waals surface area contributed by atoms with Gasteiger partial charge in [0.2, 0.25) is 5.91 Å². The number of rotatable bonds is 6. The molecule has 3 aromatic rings. The number of carbonyl (C=O) groups is 2. The number of piperazine rings is 1. The number of benzene rings is 2. The smallest absolute Gasteiger partial charge is 0.261 e. The molecule has 1 fully saturated rings. The number of hydrogen-bond acceptors (Lipinski definition) is 4. The van der Waals surface area contributed by atoms with Gasteiger partial charge < -0.3 is 15.0 Å². The average Bonchev–Trinajstić information content (AvgIpc) is 2.80. The maximum absolute atomic E-state index is 13.8. The van der Waals surface area contributed by atoms with Crippen LogP contribution in [-0.2, 0) is 16.0 Å². The molecule has 0 unspecified atom stereocenters. The molecule has 0 radical (unpaired) electrons. The summed E-state index contributed by atoms with van der Waals surface area (Å²) in [7, 11) is 0. The van der Waals surface area contributed by atoms with Crippen LogP contribution in [0.4, 0.5) is 8.78 Å². The normalized spacial score (nSPS) is 15.9. The van der Waals surface area contributed by atoms with Gasteiger partial charge in [0, 0.05) is 38.0 Å². The summed E-state index contributed by atoms with van der Waals surface area (Å²) >= 11 is 0. The highest BCUT2D eigenvalue weighted by Crippen LogP contribution is 2.22. The second-order valence-corrected chi connectivity index (χ2v) is 7.40. The Kier molecular flexibility index (Phi) is 6.39. The third kappa shape index (κ3) is 4.91. The molecule has 0 bridgehead atoms. The van der Waals surface area contributed by atoms with E-state index in [1.807, 2.05) is 36.4 Å². The van der Waals surface area contributed by atoms with Gasteiger partial charge in [-0.2, -0.15) is 0 Å². The van der Waals surface area contributed by atoms with E-state index in [0.29, 0.717) is 25.6 Å². The number of ether oxygens (including phenoxy) is 1. The van der Waals surface area contributed by atoms with Crippen LogP contribution >= 0.6 is 0 Å². The number of aromatic nitrogens is 1. The van der Waals surface area contributed by atoms with Crippen LogP contribution in [0.1, 0.15) is 5.56 Å². The summed E-state index contributed by atoms with van der Waals surface area (Å²) in [6.45, 7) is 0.177. The van der Waals surface area contributed by atoms with Crippen molar-refractivity contribution in [3.8, 4) is 16.9 Å². The number of pyridine rings is 1. The number of amides is 2. The number of halogens is 2. The molecule has 0 saturated carbocycles. The molecule has 32 heavy (non-hydrogen) atoms. The van der Waals surface area contributed by atoms with Crippen molar-refractivity contribution >= 4 is 11.8 Å². The van der Waals surface area contributed by atoms with Crippen LogP contribution in [0.15, 0.2) is 67.0 Å². The number of hydrogen-bond donors (Lipinski definition) is 1. The Morgan fingerprint density at radius 3 is 2.75 bits per heavy atom.